The summed E-state index contributed by atoms with van der Waals surface area (Å²) in [6.07, 6.45) is 10.7. The molecule has 18 heavy (non-hydrogen) atoms. The van der Waals surface area contributed by atoms with Crippen molar-refractivity contribution in [3.63, 3.8) is 0 Å². The molecule has 1 fully saturated rings. The fraction of sp³-hybridized carbons (Fsp3) is 0.933. The van der Waals surface area contributed by atoms with Crippen molar-refractivity contribution in [3.05, 3.63) is 0 Å². The molecule has 1 aliphatic carbocycles. The molecule has 0 spiro atoms. The molecule has 3 heteroatoms. The topological polar surface area (TPSA) is 29.1 Å². The molecule has 1 rings (SSSR count). The third-order valence-electron chi connectivity index (χ3n) is 3.91. The smallest absolute Gasteiger partial charge is 0.220 e. The maximum atomic E-state index is 11.8. The van der Waals surface area contributed by atoms with E-state index < -0.39 is 0 Å². The first-order valence-electron chi connectivity index (χ1n) is 7.55. The van der Waals surface area contributed by atoms with Gasteiger partial charge in [-0.1, -0.05) is 32.6 Å². The van der Waals surface area contributed by atoms with Crippen LogP contribution in [0, 0.1) is 11.8 Å². The lowest BCUT2D eigenvalue weighted by molar-refractivity contribution is -0.122. The third kappa shape index (κ3) is 7.25. The predicted octanol–water partition coefficient (Wildman–Crippen LogP) is 4.12. The van der Waals surface area contributed by atoms with Gasteiger partial charge in [-0.05, 0) is 37.5 Å². The van der Waals surface area contributed by atoms with Gasteiger partial charge in [0.15, 0.2) is 0 Å². The zero-order valence-electron chi connectivity index (χ0n) is 11.7. The van der Waals surface area contributed by atoms with Gasteiger partial charge in [-0.25, -0.2) is 0 Å². The van der Waals surface area contributed by atoms with E-state index in [-0.39, 0.29) is 5.91 Å². The van der Waals surface area contributed by atoms with Crippen LogP contribution in [0.25, 0.3) is 0 Å². The average Bonchev–Trinajstić information content (AvgIpc) is 2.63. The van der Waals surface area contributed by atoms with Crippen molar-refractivity contribution in [1.29, 1.82) is 0 Å². The van der Waals surface area contributed by atoms with Crippen LogP contribution in [0.1, 0.15) is 64.7 Å². The molecule has 1 aliphatic rings. The molecular weight excluding hydrogens is 246 g/mol. The number of hydrogen-bond donors (Lipinski definition) is 1. The second-order valence-electron chi connectivity index (χ2n) is 5.81. The van der Waals surface area contributed by atoms with Crippen molar-refractivity contribution in [2.75, 3.05) is 12.4 Å². The van der Waals surface area contributed by atoms with E-state index in [4.69, 9.17) is 11.6 Å². The van der Waals surface area contributed by atoms with Crippen molar-refractivity contribution in [3.8, 4) is 0 Å². The van der Waals surface area contributed by atoms with E-state index in [0.717, 1.165) is 31.7 Å². The van der Waals surface area contributed by atoms with Crippen molar-refractivity contribution >= 4 is 17.5 Å². The summed E-state index contributed by atoms with van der Waals surface area (Å²) >= 11 is 5.75. The predicted molar refractivity (Wildman–Crippen MR) is 77.9 cm³/mol. The van der Waals surface area contributed by atoms with Crippen molar-refractivity contribution < 1.29 is 4.79 Å². The molecule has 0 aromatic rings. The van der Waals surface area contributed by atoms with Crippen molar-refractivity contribution in [2.45, 2.75) is 64.7 Å². The van der Waals surface area contributed by atoms with Gasteiger partial charge in [-0.15, -0.1) is 11.6 Å². The van der Waals surface area contributed by atoms with Gasteiger partial charge >= 0.3 is 0 Å². The molecule has 1 N–H and O–H groups in total. The van der Waals surface area contributed by atoms with Crippen molar-refractivity contribution in [1.82, 2.24) is 5.32 Å². The molecule has 0 bridgehead atoms. The number of alkyl halides is 1. The van der Waals surface area contributed by atoms with Crippen LogP contribution in [0.2, 0.25) is 0 Å². The second kappa shape index (κ2) is 9.66. The lowest BCUT2D eigenvalue weighted by Crippen LogP contribution is -2.26. The number of halogens is 1. The Labute approximate surface area is 117 Å². The summed E-state index contributed by atoms with van der Waals surface area (Å²) in [7, 11) is 0. The van der Waals surface area contributed by atoms with E-state index in [1.807, 2.05) is 0 Å². The zero-order valence-corrected chi connectivity index (χ0v) is 12.5. The monoisotopic (exact) mass is 273 g/mol. The second-order valence-corrected chi connectivity index (χ2v) is 6.12. The highest BCUT2D eigenvalue weighted by molar-refractivity contribution is 6.18. The van der Waals surface area contributed by atoms with Crippen LogP contribution in [0.4, 0.5) is 0 Å². The molecule has 1 saturated carbocycles. The highest BCUT2D eigenvalue weighted by atomic mass is 35.5. The summed E-state index contributed by atoms with van der Waals surface area (Å²) in [5.41, 5.74) is 0. The van der Waals surface area contributed by atoms with Crippen LogP contribution < -0.4 is 5.32 Å². The summed E-state index contributed by atoms with van der Waals surface area (Å²) < 4.78 is 0. The van der Waals surface area contributed by atoms with Crippen LogP contribution in [-0.4, -0.2) is 18.3 Å². The van der Waals surface area contributed by atoms with Gasteiger partial charge in [0.25, 0.3) is 0 Å². The number of carbonyl (C=O) groups excluding carboxylic acids is 1. The van der Waals surface area contributed by atoms with Gasteiger partial charge in [-0.3, -0.25) is 4.79 Å². The summed E-state index contributed by atoms with van der Waals surface area (Å²) in [6, 6.07) is 0. The van der Waals surface area contributed by atoms with Gasteiger partial charge < -0.3 is 5.32 Å². The molecule has 0 heterocycles. The number of amides is 1. The fourth-order valence-corrected chi connectivity index (χ4v) is 2.81. The van der Waals surface area contributed by atoms with E-state index >= 15 is 0 Å². The lowest BCUT2D eigenvalue weighted by Gasteiger charge is -2.14. The number of rotatable bonds is 7. The third-order valence-corrected chi connectivity index (χ3v) is 4.43. The molecule has 1 amide bonds. The maximum Gasteiger partial charge on any atom is 0.220 e. The van der Waals surface area contributed by atoms with Crippen molar-refractivity contribution in [2.24, 2.45) is 11.8 Å². The lowest BCUT2D eigenvalue weighted by atomic mass is 9.96. The van der Waals surface area contributed by atoms with Gasteiger partial charge in [0.1, 0.15) is 0 Å². The minimum absolute atomic E-state index is 0.250. The molecule has 0 aliphatic heterocycles. The molecule has 1 unspecified atom stereocenters. The Kier molecular flexibility index (Phi) is 8.49. The minimum atomic E-state index is 0.250. The van der Waals surface area contributed by atoms with E-state index in [1.165, 1.54) is 38.5 Å². The molecule has 0 aromatic heterocycles. The fourth-order valence-electron chi connectivity index (χ4n) is 2.66. The average molecular weight is 274 g/mol. The van der Waals surface area contributed by atoms with Crippen LogP contribution in [0.15, 0.2) is 0 Å². The molecule has 2 nitrogen and oxygen atoms in total. The number of hydrogen-bond acceptors (Lipinski definition) is 1. The van der Waals surface area contributed by atoms with Crippen LogP contribution in [0.3, 0.4) is 0 Å². The Morgan fingerprint density at radius 2 is 1.94 bits per heavy atom. The van der Waals surface area contributed by atoms with E-state index in [9.17, 15) is 4.79 Å². The largest absolute Gasteiger partial charge is 0.356 e. The van der Waals surface area contributed by atoms with Crippen LogP contribution in [0.5, 0.6) is 0 Å². The summed E-state index contributed by atoms with van der Waals surface area (Å²) in [4.78, 5) is 11.8. The summed E-state index contributed by atoms with van der Waals surface area (Å²) in [5, 5.41) is 3.05. The Morgan fingerprint density at radius 3 is 2.56 bits per heavy atom. The highest BCUT2D eigenvalue weighted by Gasteiger charge is 2.15. The quantitative estimate of drug-likeness (QED) is 0.422. The number of carbonyl (C=O) groups is 1. The molecule has 0 radical (unpaired) electrons. The first-order valence-corrected chi connectivity index (χ1v) is 8.08. The Morgan fingerprint density at radius 1 is 1.28 bits per heavy atom. The zero-order chi connectivity index (χ0) is 13.2. The first kappa shape index (κ1) is 15.8. The van der Waals surface area contributed by atoms with Gasteiger partial charge in [0.2, 0.25) is 5.91 Å². The maximum absolute atomic E-state index is 11.8. The number of nitrogens with one attached hydrogen (secondary N) is 1. The summed E-state index contributed by atoms with van der Waals surface area (Å²) in [5.74, 6) is 2.16. The standard InChI is InChI=1S/C15H28ClNO/c1-13(12-16)7-6-10-17-15(18)11-14-8-4-2-3-5-9-14/h13-14H,2-12H2,1H3,(H,17,18). The molecule has 0 saturated heterocycles. The normalized spacial score (nSPS) is 19.2. The summed E-state index contributed by atoms with van der Waals surface area (Å²) in [6.45, 7) is 2.97. The Bertz CT molecular complexity index is 225. The van der Waals surface area contributed by atoms with Gasteiger partial charge in [0.05, 0.1) is 0 Å². The van der Waals surface area contributed by atoms with Gasteiger partial charge in [0, 0.05) is 18.8 Å². The van der Waals surface area contributed by atoms with E-state index in [0.29, 0.717) is 11.8 Å². The SMILES string of the molecule is CC(CCl)CCCNC(=O)CC1CCCCCC1. The first-order chi connectivity index (χ1) is 8.72. The minimum Gasteiger partial charge on any atom is -0.356 e. The van der Waals surface area contributed by atoms with E-state index in [2.05, 4.69) is 12.2 Å². The van der Waals surface area contributed by atoms with Crippen LogP contribution >= 0.6 is 11.6 Å². The molecule has 106 valence electrons. The Hall–Kier alpha value is -0.240. The molecular formula is C15H28ClNO. The molecule has 0 aromatic carbocycles. The van der Waals surface area contributed by atoms with E-state index in [1.54, 1.807) is 0 Å². The Balaban J connectivity index is 2.05. The molecule has 1 atom stereocenters. The van der Waals surface area contributed by atoms with Crippen LogP contribution in [-0.2, 0) is 4.79 Å². The highest BCUT2D eigenvalue weighted by Crippen LogP contribution is 2.25. The van der Waals surface area contributed by atoms with Gasteiger partial charge in [-0.2, -0.15) is 0 Å².